The molecular weight excluding hydrogens is 216 g/mol. The molecule has 3 heteroatoms. The zero-order valence-corrected chi connectivity index (χ0v) is 8.84. The van der Waals surface area contributed by atoms with Gasteiger partial charge in [-0.25, -0.2) is 4.79 Å². The molecule has 3 rings (SSSR count). The zero-order valence-electron chi connectivity index (χ0n) is 8.84. The van der Waals surface area contributed by atoms with Crippen LogP contribution in [0.15, 0.2) is 51.7 Å². The smallest absolute Gasteiger partial charge is 0.344 e. The van der Waals surface area contributed by atoms with Crippen molar-refractivity contribution in [3.63, 3.8) is 0 Å². The summed E-state index contributed by atoms with van der Waals surface area (Å²) < 4.78 is 5.20. The number of hydrogen-bond acceptors (Lipinski definition) is 3. The molecule has 1 heterocycles. The highest BCUT2D eigenvalue weighted by atomic mass is 16.4. The van der Waals surface area contributed by atoms with Crippen molar-refractivity contribution >= 4 is 28.0 Å². The standard InChI is InChI=1S/C14H8O3/c15-8-9-5-6-13-12(7-9)10-3-1-2-4-11(10)14(16)17-13/h1-8H. The minimum Gasteiger partial charge on any atom is -0.422 e. The Balaban J connectivity index is 2.60. The molecule has 0 fully saturated rings. The molecule has 2 aromatic carbocycles. The average Bonchev–Trinajstić information content (AvgIpc) is 2.39. The van der Waals surface area contributed by atoms with E-state index in [1.54, 1.807) is 30.3 Å². The van der Waals surface area contributed by atoms with Crippen molar-refractivity contribution in [3.8, 4) is 0 Å². The lowest BCUT2D eigenvalue weighted by atomic mass is 10.1. The van der Waals surface area contributed by atoms with E-state index >= 15 is 0 Å². The first-order chi connectivity index (χ1) is 8.29. The van der Waals surface area contributed by atoms with Crippen molar-refractivity contribution in [2.75, 3.05) is 0 Å². The lowest BCUT2D eigenvalue weighted by Gasteiger charge is -2.02. The number of aldehydes is 1. The normalized spacial score (nSPS) is 10.8. The van der Waals surface area contributed by atoms with Gasteiger partial charge in [-0.3, -0.25) is 4.79 Å². The van der Waals surface area contributed by atoms with Crippen molar-refractivity contribution in [2.45, 2.75) is 0 Å². The van der Waals surface area contributed by atoms with Crippen LogP contribution < -0.4 is 5.63 Å². The summed E-state index contributed by atoms with van der Waals surface area (Å²) in [6, 6.07) is 12.2. The summed E-state index contributed by atoms with van der Waals surface area (Å²) in [5.41, 5.74) is 0.711. The molecule has 0 atom stereocenters. The molecule has 0 N–H and O–H groups in total. The van der Waals surface area contributed by atoms with Crippen LogP contribution in [-0.4, -0.2) is 6.29 Å². The Labute approximate surface area is 96.3 Å². The minimum atomic E-state index is -0.355. The van der Waals surface area contributed by atoms with Gasteiger partial charge in [0.25, 0.3) is 0 Å². The molecule has 0 aliphatic carbocycles. The second-order valence-electron chi connectivity index (χ2n) is 3.81. The van der Waals surface area contributed by atoms with Crippen LogP contribution in [0, 0.1) is 0 Å². The van der Waals surface area contributed by atoms with E-state index < -0.39 is 0 Å². The Hall–Kier alpha value is -2.42. The highest BCUT2D eigenvalue weighted by molar-refractivity contribution is 6.05. The highest BCUT2D eigenvalue weighted by Gasteiger charge is 2.06. The predicted octanol–water partition coefficient (Wildman–Crippen LogP) is 2.76. The van der Waals surface area contributed by atoms with E-state index in [0.717, 1.165) is 17.1 Å². The van der Waals surface area contributed by atoms with Gasteiger partial charge in [-0.1, -0.05) is 18.2 Å². The average molecular weight is 224 g/mol. The molecule has 0 aliphatic rings. The van der Waals surface area contributed by atoms with Crippen LogP contribution in [-0.2, 0) is 0 Å². The molecule has 3 nitrogen and oxygen atoms in total. The lowest BCUT2D eigenvalue weighted by Crippen LogP contribution is -1.99. The Bertz CT molecular complexity index is 784. The van der Waals surface area contributed by atoms with Crippen LogP contribution in [0.5, 0.6) is 0 Å². The van der Waals surface area contributed by atoms with Gasteiger partial charge < -0.3 is 4.42 Å². The topological polar surface area (TPSA) is 47.3 Å². The molecule has 0 saturated heterocycles. The fraction of sp³-hybridized carbons (Fsp3) is 0. The van der Waals surface area contributed by atoms with E-state index in [9.17, 15) is 9.59 Å². The van der Waals surface area contributed by atoms with Gasteiger partial charge in [-0.2, -0.15) is 0 Å². The van der Waals surface area contributed by atoms with Gasteiger partial charge in [0.1, 0.15) is 11.9 Å². The van der Waals surface area contributed by atoms with Crippen LogP contribution in [0.4, 0.5) is 0 Å². The maximum Gasteiger partial charge on any atom is 0.344 e. The van der Waals surface area contributed by atoms with Gasteiger partial charge in [0, 0.05) is 10.9 Å². The number of carbonyl (C=O) groups is 1. The lowest BCUT2D eigenvalue weighted by molar-refractivity contribution is 0.112. The van der Waals surface area contributed by atoms with Gasteiger partial charge in [0.15, 0.2) is 0 Å². The molecule has 0 spiro atoms. The number of benzene rings is 2. The molecular formula is C14H8O3. The summed E-state index contributed by atoms with van der Waals surface area (Å²) >= 11 is 0. The molecule has 0 radical (unpaired) electrons. The largest absolute Gasteiger partial charge is 0.422 e. The molecule has 0 unspecified atom stereocenters. The van der Waals surface area contributed by atoms with Gasteiger partial charge in [0.2, 0.25) is 0 Å². The van der Waals surface area contributed by atoms with E-state index in [2.05, 4.69) is 0 Å². The first-order valence-electron chi connectivity index (χ1n) is 5.20. The quantitative estimate of drug-likeness (QED) is 0.362. The van der Waals surface area contributed by atoms with Crippen LogP contribution in [0.1, 0.15) is 10.4 Å². The van der Waals surface area contributed by atoms with Crippen molar-refractivity contribution in [2.24, 2.45) is 0 Å². The number of rotatable bonds is 1. The molecule has 0 bridgehead atoms. The van der Waals surface area contributed by atoms with Crippen molar-refractivity contribution in [1.29, 1.82) is 0 Å². The van der Waals surface area contributed by atoms with E-state index in [4.69, 9.17) is 4.42 Å². The van der Waals surface area contributed by atoms with E-state index in [0.29, 0.717) is 16.5 Å². The SMILES string of the molecule is O=Cc1ccc2oc(=O)c3ccccc3c2c1. The Morgan fingerprint density at radius 3 is 2.47 bits per heavy atom. The molecule has 3 aromatic rings. The summed E-state index contributed by atoms with van der Waals surface area (Å²) in [6.45, 7) is 0. The second-order valence-corrected chi connectivity index (χ2v) is 3.81. The number of fused-ring (bicyclic) bond motifs is 3. The molecule has 82 valence electrons. The molecule has 1 aromatic heterocycles. The van der Waals surface area contributed by atoms with Gasteiger partial charge >= 0.3 is 5.63 Å². The summed E-state index contributed by atoms with van der Waals surface area (Å²) in [6.07, 6.45) is 0.777. The molecule has 0 saturated carbocycles. The van der Waals surface area contributed by atoms with E-state index in [1.807, 2.05) is 12.1 Å². The van der Waals surface area contributed by atoms with Crippen LogP contribution in [0.3, 0.4) is 0 Å². The zero-order chi connectivity index (χ0) is 11.8. The first-order valence-corrected chi connectivity index (χ1v) is 5.20. The van der Waals surface area contributed by atoms with Crippen LogP contribution in [0.2, 0.25) is 0 Å². The Kier molecular flexibility index (Phi) is 2.05. The van der Waals surface area contributed by atoms with Gasteiger partial charge in [-0.15, -0.1) is 0 Å². The minimum absolute atomic E-state index is 0.355. The highest BCUT2D eigenvalue weighted by Crippen LogP contribution is 2.23. The third kappa shape index (κ3) is 1.44. The monoisotopic (exact) mass is 224 g/mol. The van der Waals surface area contributed by atoms with Crippen molar-refractivity contribution < 1.29 is 9.21 Å². The van der Waals surface area contributed by atoms with Gasteiger partial charge in [0.05, 0.1) is 5.39 Å². The van der Waals surface area contributed by atoms with E-state index in [1.165, 1.54) is 0 Å². The third-order valence-electron chi connectivity index (χ3n) is 2.78. The van der Waals surface area contributed by atoms with Crippen LogP contribution >= 0.6 is 0 Å². The first kappa shape index (κ1) is 9.78. The third-order valence-corrected chi connectivity index (χ3v) is 2.78. The maximum absolute atomic E-state index is 11.7. The van der Waals surface area contributed by atoms with E-state index in [-0.39, 0.29) is 5.63 Å². The number of hydrogen-bond donors (Lipinski definition) is 0. The summed E-state index contributed by atoms with van der Waals surface area (Å²) in [5.74, 6) is 0. The van der Waals surface area contributed by atoms with Crippen molar-refractivity contribution in [1.82, 2.24) is 0 Å². The summed E-state index contributed by atoms with van der Waals surface area (Å²) in [7, 11) is 0. The van der Waals surface area contributed by atoms with Crippen molar-refractivity contribution in [3.05, 3.63) is 58.4 Å². The fourth-order valence-electron chi connectivity index (χ4n) is 1.97. The Morgan fingerprint density at radius 1 is 0.941 bits per heavy atom. The van der Waals surface area contributed by atoms with Crippen LogP contribution in [0.25, 0.3) is 21.7 Å². The fourth-order valence-corrected chi connectivity index (χ4v) is 1.97. The molecule has 17 heavy (non-hydrogen) atoms. The maximum atomic E-state index is 11.7. The second kappa shape index (κ2) is 3.56. The molecule has 0 aliphatic heterocycles. The predicted molar refractivity (Wildman–Crippen MR) is 65.4 cm³/mol. The molecule has 0 amide bonds. The van der Waals surface area contributed by atoms with Gasteiger partial charge in [-0.05, 0) is 29.7 Å². The Morgan fingerprint density at radius 2 is 1.71 bits per heavy atom. The summed E-state index contributed by atoms with van der Waals surface area (Å²) in [4.78, 5) is 22.5. The summed E-state index contributed by atoms with van der Waals surface area (Å²) in [5, 5.41) is 2.12. The number of carbonyl (C=O) groups excluding carboxylic acids is 1.